The molecular formula is C6H7ClF2O4. The van der Waals surface area contributed by atoms with Crippen LogP contribution in [0.5, 0.6) is 0 Å². The molecule has 0 aliphatic heterocycles. The topological polar surface area (TPSA) is 52.6 Å². The van der Waals surface area contributed by atoms with E-state index in [2.05, 4.69) is 21.1 Å². The van der Waals surface area contributed by atoms with Crippen LogP contribution in [0.25, 0.3) is 0 Å². The highest BCUT2D eigenvalue weighted by Crippen LogP contribution is 2.19. The van der Waals surface area contributed by atoms with E-state index in [0.29, 0.717) is 0 Å². The molecule has 0 aliphatic carbocycles. The van der Waals surface area contributed by atoms with Crippen LogP contribution in [0.3, 0.4) is 0 Å². The lowest BCUT2D eigenvalue weighted by Gasteiger charge is -2.07. The monoisotopic (exact) mass is 216 g/mol. The van der Waals surface area contributed by atoms with Crippen molar-refractivity contribution in [2.24, 2.45) is 0 Å². The van der Waals surface area contributed by atoms with Crippen LogP contribution < -0.4 is 0 Å². The lowest BCUT2D eigenvalue weighted by molar-refractivity contribution is -0.168. The maximum Gasteiger partial charge on any atom is 0.417 e. The van der Waals surface area contributed by atoms with Crippen molar-refractivity contribution in [3.05, 3.63) is 0 Å². The van der Waals surface area contributed by atoms with E-state index in [1.807, 2.05) is 0 Å². The number of carbonyl (C=O) groups excluding carboxylic acids is 2. The Morgan fingerprint density at radius 3 is 2.31 bits per heavy atom. The van der Waals surface area contributed by atoms with Gasteiger partial charge in [-0.1, -0.05) is 0 Å². The quantitative estimate of drug-likeness (QED) is 0.518. The van der Waals surface area contributed by atoms with E-state index < -0.39 is 23.9 Å². The Labute approximate surface area is 77.7 Å². The molecule has 76 valence electrons. The van der Waals surface area contributed by atoms with Crippen LogP contribution >= 0.6 is 11.6 Å². The van der Waals surface area contributed by atoms with Crippen LogP contribution in [-0.2, 0) is 19.1 Å². The third kappa shape index (κ3) is 5.35. The van der Waals surface area contributed by atoms with Gasteiger partial charge in [-0.05, 0) is 18.5 Å². The SMILES string of the molecule is CCOC(=O)COC(=O)C(F)(F)Cl. The molecule has 0 aromatic heterocycles. The van der Waals surface area contributed by atoms with E-state index in [1.165, 1.54) is 6.92 Å². The lowest BCUT2D eigenvalue weighted by atomic mass is 10.6. The fraction of sp³-hybridized carbons (Fsp3) is 0.667. The van der Waals surface area contributed by atoms with Crippen LogP contribution in [0.4, 0.5) is 8.78 Å². The van der Waals surface area contributed by atoms with E-state index >= 15 is 0 Å². The minimum atomic E-state index is -4.10. The van der Waals surface area contributed by atoms with Crippen LogP contribution in [0.15, 0.2) is 0 Å². The lowest BCUT2D eigenvalue weighted by Crippen LogP contribution is -2.27. The minimum absolute atomic E-state index is 0.0770. The van der Waals surface area contributed by atoms with Crippen molar-refractivity contribution in [3.63, 3.8) is 0 Å². The average molecular weight is 217 g/mol. The normalized spacial score (nSPS) is 10.8. The average Bonchev–Trinajstić information content (AvgIpc) is 1.99. The molecule has 13 heavy (non-hydrogen) atoms. The largest absolute Gasteiger partial charge is 0.463 e. The molecule has 0 unspecified atom stereocenters. The predicted molar refractivity (Wildman–Crippen MR) is 38.4 cm³/mol. The van der Waals surface area contributed by atoms with E-state index in [1.54, 1.807) is 0 Å². The van der Waals surface area contributed by atoms with Gasteiger partial charge in [-0.15, -0.1) is 0 Å². The summed E-state index contributed by atoms with van der Waals surface area (Å²) in [5.74, 6) is -2.88. The molecule has 0 rings (SSSR count). The standard InChI is InChI=1S/C6H7ClF2O4/c1-2-12-4(10)3-13-5(11)6(7,8)9/h2-3H2,1H3. The summed E-state index contributed by atoms with van der Waals surface area (Å²) in [5.41, 5.74) is 0. The van der Waals surface area contributed by atoms with Crippen molar-refractivity contribution < 1.29 is 27.8 Å². The van der Waals surface area contributed by atoms with Gasteiger partial charge in [-0.2, -0.15) is 8.78 Å². The highest BCUT2D eigenvalue weighted by molar-refractivity contribution is 6.31. The molecule has 0 bridgehead atoms. The summed E-state index contributed by atoms with van der Waals surface area (Å²) < 4.78 is 31.9. The highest BCUT2D eigenvalue weighted by Gasteiger charge is 2.38. The Morgan fingerprint density at radius 2 is 1.92 bits per heavy atom. The van der Waals surface area contributed by atoms with Crippen molar-refractivity contribution in [1.29, 1.82) is 0 Å². The van der Waals surface area contributed by atoms with Crippen molar-refractivity contribution in [2.75, 3.05) is 13.2 Å². The van der Waals surface area contributed by atoms with Crippen LogP contribution in [0.2, 0.25) is 0 Å². The van der Waals surface area contributed by atoms with Gasteiger partial charge in [0.25, 0.3) is 0 Å². The second-order valence-electron chi connectivity index (χ2n) is 1.88. The number of carbonyl (C=O) groups is 2. The Morgan fingerprint density at radius 1 is 1.38 bits per heavy atom. The summed E-state index contributed by atoms with van der Waals surface area (Å²) >= 11 is 4.28. The molecule has 0 atom stereocenters. The summed E-state index contributed by atoms with van der Waals surface area (Å²) in [5, 5.41) is -4.10. The first-order valence-electron chi connectivity index (χ1n) is 3.27. The van der Waals surface area contributed by atoms with Crippen LogP contribution in [0, 0.1) is 0 Å². The zero-order valence-electron chi connectivity index (χ0n) is 6.68. The summed E-state index contributed by atoms with van der Waals surface area (Å²) in [6.45, 7) is 0.735. The molecule has 0 heterocycles. The number of rotatable bonds is 4. The van der Waals surface area contributed by atoms with E-state index in [4.69, 9.17) is 0 Å². The fourth-order valence-corrected chi connectivity index (χ4v) is 0.464. The Kier molecular flexibility index (Phi) is 4.61. The van der Waals surface area contributed by atoms with Crippen molar-refractivity contribution in [1.82, 2.24) is 0 Å². The van der Waals surface area contributed by atoms with Gasteiger partial charge in [0.1, 0.15) is 0 Å². The smallest absolute Gasteiger partial charge is 0.417 e. The maximum absolute atomic E-state index is 11.9. The van der Waals surface area contributed by atoms with E-state index in [0.717, 1.165) is 0 Å². The van der Waals surface area contributed by atoms with Gasteiger partial charge in [0.2, 0.25) is 0 Å². The van der Waals surface area contributed by atoms with Crippen molar-refractivity contribution in [3.8, 4) is 0 Å². The van der Waals surface area contributed by atoms with Gasteiger partial charge in [-0.25, -0.2) is 9.59 Å². The number of hydrogen-bond donors (Lipinski definition) is 0. The Balaban J connectivity index is 3.77. The van der Waals surface area contributed by atoms with Crippen LogP contribution in [-0.4, -0.2) is 30.5 Å². The fourth-order valence-electron chi connectivity index (χ4n) is 0.409. The number of hydrogen-bond acceptors (Lipinski definition) is 4. The second-order valence-corrected chi connectivity index (χ2v) is 2.35. The molecule has 0 amide bonds. The molecule has 0 spiro atoms. The molecule has 7 heteroatoms. The summed E-state index contributed by atoms with van der Waals surface area (Å²) in [6, 6.07) is 0. The first-order chi connectivity index (χ1) is 5.88. The van der Waals surface area contributed by atoms with E-state index in [-0.39, 0.29) is 6.61 Å². The third-order valence-electron chi connectivity index (χ3n) is 0.858. The van der Waals surface area contributed by atoms with Gasteiger partial charge in [0.15, 0.2) is 6.61 Å². The molecule has 0 aromatic rings. The number of ether oxygens (including phenoxy) is 2. The molecule has 0 fully saturated rings. The van der Waals surface area contributed by atoms with Crippen LogP contribution in [0.1, 0.15) is 6.92 Å². The Hall–Kier alpha value is -0.910. The number of halogens is 3. The minimum Gasteiger partial charge on any atom is -0.463 e. The maximum atomic E-state index is 11.9. The molecule has 0 N–H and O–H groups in total. The van der Waals surface area contributed by atoms with Crippen molar-refractivity contribution in [2.45, 2.75) is 12.3 Å². The number of esters is 2. The zero-order chi connectivity index (χ0) is 10.5. The third-order valence-corrected chi connectivity index (χ3v) is 1.01. The molecule has 0 saturated carbocycles. The molecule has 4 nitrogen and oxygen atoms in total. The summed E-state index contributed by atoms with van der Waals surface area (Å²) in [7, 11) is 0. The second kappa shape index (κ2) is 4.96. The predicted octanol–water partition coefficient (Wildman–Crippen LogP) is 0.924. The van der Waals surface area contributed by atoms with Gasteiger partial charge in [-0.3, -0.25) is 0 Å². The molecule has 0 saturated heterocycles. The van der Waals surface area contributed by atoms with E-state index in [9.17, 15) is 18.4 Å². The molecule has 0 aromatic carbocycles. The Bertz CT molecular complexity index is 201. The first kappa shape index (κ1) is 12.1. The van der Waals surface area contributed by atoms with Gasteiger partial charge < -0.3 is 9.47 Å². The molecular weight excluding hydrogens is 210 g/mol. The molecule has 0 aliphatic rings. The van der Waals surface area contributed by atoms with Gasteiger partial charge >= 0.3 is 17.3 Å². The van der Waals surface area contributed by atoms with Crippen molar-refractivity contribution >= 4 is 23.5 Å². The molecule has 0 radical (unpaired) electrons. The van der Waals surface area contributed by atoms with Gasteiger partial charge in [0, 0.05) is 0 Å². The zero-order valence-corrected chi connectivity index (χ0v) is 7.44. The highest BCUT2D eigenvalue weighted by atomic mass is 35.5. The number of alkyl halides is 3. The first-order valence-corrected chi connectivity index (χ1v) is 3.65. The summed E-state index contributed by atoms with van der Waals surface area (Å²) in [4.78, 5) is 20.7. The van der Waals surface area contributed by atoms with Gasteiger partial charge in [0.05, 0.1) is 6.61 Å². The summed E-state index contributed by atoms with van der Waals surface area (Å²) in [6.07, 6.45) is 0.